The quantitative estimate of drug-likeness (QED) is 0.790. The van der Waals surface area contributed by atoms with Gasteiger partial charge >= 0.3 is 5.69 Å². The lowest BCUT2D eigenvalue weighted by molar-refractivity contribution is 0.617. The van der Waals surface area contributed by atoms with Crippen molar-refractivity contribution in [2.75, 3.05) is 12.4 Å². The molecule has 0 bridgehead atoms. The molecule has 2 aromatic carbocycles. The van der Waals surface area contributed by atoms with E-state index in [2.05, 4.69) is 10.3 Å². The van der Waals surface area contributed by atoms with Crippen LogP contribution in [0, 0.1) is 5.82 Å². The predicted molar refractivity (Wildman–Crippen MR) is 81.9 cm³/mol. The number of fused-ring (bicyclic) bond motifs is 1. The van der Waals surface area contributed by atoms with Gasteiger partial charge in [-0.05, 0) is 30.3 Å². The molecule has 6 heteroatoms. The number of hydrogen-bond donors (Lipinski definition) is 1. The van der Waals surface area contributed by atoms with Gasteiger partial charge in [0.25, 0.3) is 0 Å². The summed E-state index contributed by atoms with van der Waals surface area (Å²) in [6, 6.07) is 11.1. The van der Waals surface area contributed by atoms with Crippen molar-refractivity contribution in [1.82, 2.24) is 9.55 Å². The molecule has 21 heavy (non-hydrogen) atoms. The molecule has 3 aromatic rings. The van der Waals surface area contributed by atoms with E-state index in [0.717, 1.165) is 0 Å². The number of para-hydroxylation sites is 1. The summed E-state index contributed by atoms with van der Waals surface area (Å²) in [6.45, 7) is 0. The lowest BCUT2D eigenvalue weighted by Gasteiger charge is -2.13. The highest BCUT2D eigenvalue weighted by Gasteiger charge is 2.14. The molecule has 0 radical (unpaired) electrons. The zero-order chi connectivity index (χ0) is 15.0. The summed E-state index contributed by atoms with van der Waals surface area (Å²) >= 11 is 6.02. The van der Waals surface area contributed by atoms with E-state index >= 15 is 0 Å². The molecule has 3 rings (SSSR count). The van der Waals surface area contributed by atoms with E-state index in [1.54, 1.807) is 37.4 Å². The molecule has 4 nitrogen and oxygen atoms in total. The lowest BCUT2D eigenvalue weighted by Crippen LogP contribution is -2.23. The Hall–Kier alpha value is -2.40. The Morgan fingerprint density at radius 2 is 2.00 bits per heavy atom. The molecule has 1 heterocycles. The Balaban J connectivity index is 2.48. The van der Waals surface area contributed by atoms with Gasteiger partial charge in [-0.3, -0.25) is 4.57 Å². The summed E-state index contributed by atoms with van der Waals surface area (Å²) in [6.07, 6.45) is 0. The van der Waals surface area contributed by atoms with Crippen molar-refractivity contribution < 1.29 is 4.39 Å². The van der Waals surface area contributed by atoms with E-state index < -0.39 is 11.5 Å². The van der Waals surface area contributed by atoms with E-state index in [0.29, 0.717) is 21.7 Å². The fraction of sp³-hybridized carbons (Fsp3) is 0.0667. The highest BCUT2D eigenvalue weighted by molar-refractivity contribution is 6.31. The maximum Gasteiger partial charge on any atom is 0.354 e. The summed E-state index contributed by atoms with van der Waals surface area (Å²) in [7, 11) is 1.67. The molecule has 0 aliphatic heterocycles. The third kappa shape index (κ3) is 2.25. The Kier molecular flexibility index (Phi) is 3.35. The van der Waals surface area contributed by atoms with Crippen LogP contribution >= 0.6 is 11.6 Å². The van der Waals surface area contributed by atoms with Gasteiger partial charge in [-0.25, -0.2) is 9.18 Å². The molecule has 0 atom stereocenters. The zero-order valence-corrected chi connectivity index (χ0v) is 11.9. The smallest absolute Gasteiger partial charge is 0.354 e. The van der Waals surface area contributed by atoms with Gasteiger partial charge in [0.15, 0.2) is 0 Å². The number of nitrogens with one attached hydrogen (secondary N) is 1. The number of aromatic nitrogens is 2. The third-order valence-electron chi connectivity index (χ3n) is 3.18. The van der Waals surface area contributed by atoms with Crippen molar-refractivity contribution in [1.29, 1.82) is 0 Å². The van der Waals surface area contributed by atoms with Crippen LogP contribution < -0.4 is 11.0 Å². The van der Waals surface area contributed by atoms with Gasteiger partial charge in [-0.15, -0.1) is 0 Å². The van der Waals surface area contributed by atoms with Crippen LogP contribution in [-0.4, -0.2) is 16.6 Å². The number of benzene rings is 2. The van der Waals surface area contributed by atoms with Crippen LogP contribution in [0.15, 0.2) is 47.3 Å². The number of rotatable bonds is 2. The van der Waals surface area contributed by atoms with Gasteiger partial charge in [0, 0.05) is 17.5 Å². The van der Waals surface area contributed by atoms with Crippen LogP contribution in [0.2, 0.25) is 5.02 Å². The molecule has 106 valence electrons. The average Bonchev–Trinajstić information content (AvgIpc) is 2.47. The minimum absolute atomic E-state index is 0.143. The van der Waals surface area contributed by atoms with E-state index in [-0.39, 0.29) is 5.69 Å². The van der Waals surface area contributed by atoms with Gasteiger partial charge in [-0.1, -0.05) is 23.7 Å². The van der Waals surface area contributed by atoms with Gasteiger partial charge in [0.2, 0.25) is 0 Å². The van der Waals surface area contributed by atoms with E-state index in [9.17, 15) is 9.18 Å². The lowest BCUT2D eigenvalue weighted by atomic mass is 10.2. The van der Waals surface area contributed by atoms with Crippen molar-refractivity contribution >= 4 is 28.3 Å². The van der Waals surface area contributed by atoms with Gasteiger partial charge < -0.3 is 5.32 Å². The van der Waals surface area contributed by atoms with Crippen LogP contribution in [0.3, 0.4) is 0 Å². The summed E-state index contributed by atoms with van der Waals surface area (Å²) in [5.74, 6) is -0.0702. The second-order valence-electron chi connectivity index (χ2n) is 4.44. The fourth-order valence-electron chi connectivity index (χ4n) is 2.26. The number of hydrogen-bond acceptors (Lipinski definition) is 3. The molecule has 0 spiro atoms. The van der Waals surface area contributed by atoms with Crippen molar-refractivity contribution in [2.45, 2.75) is 0 Å². The first kappa shape index (κ1) is 13.6. The Morgan fingerprint density at radius 1 is 1.24 bits per heavy atom. The van der Waals surface area contributed by atoms with Crippen LogP contribution in [-0.2, 0) is 0 Å². The third-order valence-corrected chi connectivity index (χ3v) is 3.42. The highest BCUT2D eigenvalue weighted by atomic mass is 35.5. The monoisotopic (exact) mass is 303 g/mol. The molecule has 0 saturated heterocycles. The van der Waals surface area contributed by atoms with Crippen LogP contribution in [0.1, 0.15) is 0 Å². The van der Waals surface area contributed by atoms with Gasteiger partial charge in [0.05, 0.1) is 11.2 Å². The summed E-state index contributed by atoms with van der Waals surface area (Å²) < 4.78 is 15.2. The minimum Gasteiger partial charge on any atom is -0.372 e. The van der Waals surface area contributed by atoms with E-state index in [1.165, 1.54) is 16.7 Å². The molecule has 0 saturated carbocycles. The first-order valence-electron chi connectivity index (χ1n) is 6.27. The van der Waals surface area contributed by atoms with Crippen LogP contribution in [0.4, 0.5) is 10.2 Å². The van der Waals surface area contributed by atoms with Gasteiger partial charge in [0.1, 0.15) is 11.6 Å². The van der Waals surface area contributed by atoms with Crippen LogP contribution in [0.25, 0.3) is 16.6 Å². The predicted octanol–water partition coefficient (Wildman–Crippen LogP) is 3.22. The SMILES string of the molecule is CNc1nc(=O)n(-c2ccccc2F)c2cc(Cl)ccc12. The molecular weight excluding hydrogens is 293 g/mol. The summed E-state index contributed by atoms with van der Waals surface area (Å²) in [5, 5.41) is 4.01. The Bertz CT molecular complexity index is 892. The standard InChI is InChI=1S/C15H11ClFN3O/c1-18-14-10-7-6-9(16)8-13(10)20(15(21)19-14)12-5-3-2-4-11(12)17/h2-8H,1H3,(H,18,19,21). The Morgan fingerprint density at radius 3 is 2.71 bits per heavy atom. The van der Waals surface area contributed by atoms with Crippen molar-refractivity contribution in [3.05, 3.63) is 63.8 Å². The molecule has 0 aliphatic rings. The van der Waals surface area contributed by atoms with Gasteiger partial charge in [-0.2, -0.15) is 4.98 Å². The number of anilines is 1. The van der Waals surface area contributed by atoms with E-state index in [4.69, 9.17) is 11.6 Å². The zero-order valence-electron chi connectivity index (χ0n) is 11.1. The molecule has 0 fully saturated rings. The van der Waals surface area contributed by atoms with Crippen molar-refractivity contribution in [2.24, 2.45) is 0 Å². The van der Waals surface area contributed by atoms with E-state index in [1.807, 2.05) is 0 Å². The second kappa shape index (κ2) is 5.18. The number of nitrogens with zero attached hydrogens (tertiary/aromatic N) is 2. The molecular formula is C15H11ClFN3O. The van der Waals surface area contributed by atoms with Crippen LogP contribution in [0.5, 0.6) is 0 Å². The maximum atomic E-state index is 14.0. The average molecular weight is 304 g/mol. The van der Waals surface area contributed by atoms with Crippen molar-refractivity contribution in [3.8, 4) is 5.69 Å². The first-order valence-corrected chi connectivity index (χ1v) is 6.64. The number of halogens is 2. The fourth-order valence-corrected chi connectivity index (χ4v) is 2.42. The first-order chi connectivity index (χ1) is 10.1. The minimum atomic E-state index is -0.570. The molecule has 0 amide bonds. The molecule has 0 aliphatic carbocycles. The topological polar surface area (TPSA) is 46.9 Å². The Labute approximate surface area is 124 Å². The molecule has 1 aromatic heterocycles. The largest absolute Gasteiger partial charge is 0.372 e. The summed E-state index contributed by atoms with van der Waals surface area (Å²) in [5.41, 5.74) is 0.0705. The summed E-state index contributed by atoms with van der Waals surface area (Å²) in [4.78, 5) is 16.2. The molecule has 0 unspecified atom stereocenters. The normalized spacial score (nSPS) is 10.8. The molecule has 1 N–H and O–H groups in total. The second-order valence-corrected chi connectivity index (χ2v) is 4.88. The maximum absolute atomic E-state index is 14.0. The van der Waals surface area contributed by atoms with Crippen molar-refractivity contribution in [3.63, 3.8) is 0 Å². The highest BCUT2D eigenvalue weighted by Crippen LogP contribution is 2.25.